The van der Waals surface area contributed by atoms with E-state index in [-0.39, 0.29) is 0 Å². The summed E-state index contributed by atoms with van der Waals surface area (Å²) in [6, 6.07) is 7.52. The Bertz CT molecular complexity index is 539. The van der Waals surface area contributed by atoms with E-state index >= 15 is 0 Å². The first-order valence-electron chi connectivity index (χ1n) is 5.62. The van der Waals surface area contributed by atoms with Crippen LogP contribution in [0.3, 0.4) is 0 Å². The highest BCUT2D eigenvalue weighted by Gasteiger charge is 2.37. The van der Waals surface area contributed by atoms with Crippen molar-refractivity contribution in [2.75, 3.05) is 7.05 Å². The highest BCUT2D eigenvalue weighted by Crippen LogP contribution is 2.32. The first kappa shape index (κ1) is 14.1. The van der Waals surface area contributed by atoms with Crippen LogP contribution in [0, 0.1) is 0 Å². The molecule has 2 atom stereocenters. The molecule has 98 valence electrons. The Morgan fingerprint density at radius 2 is 2.06 bits per heavy atom. The fraction of sp³-hybridized carbons (Fsp3) is 0.385. The van der Waals surface area contributed by atoms with Crippen molar-refractivity contribution >= 4 is 44.6 Å². The van der Waals surface area contributed by atoms with E-state index in [9.17, 15) is 5.11 Å². The number of halogens is 2. The molecule has 1 aromatic heterocycles. The fourth-order valence-corrected chi connectivity index (χ4v) is 3.67. The van der Waals surface area contributed by atoms with Gasteiger partial charge in [0, 0.05) is 4.70 Å². The van der Waals surface area contributed by atoms with Gasteiger partial charge >= 0.3 is 0 Å². The molecule has 2 N–H and O–H groups in total. The number of likely N-dealkylation sites (N-methyl/N-ethyl adjacent to an activating group) is 1. The molecule has 0 spiro atoms. The number of rotatable bonds is 4. The summed E-state index contributed by atoms with van der Waals surface area (Å²) in [5.74, 6) is 0. The third-order valence-electron chi connectivity index (χ3n) is 3.21. The Balaban J connectivity index is 2.44. The summed E-state index contributed by atoms with van der Waals surface area (Å²) in [5, 5.41) is 16.9. The topological polar surface area (TPSA) is 32.3 Å². The molecule has 0 saturated carbocycles. The molecule has 0 saturated heterocycles. The lowest BCUT2D eigenvalue weighted by atomic mass is 9.88. The van der Waals surface area contributed by atoms with Crippen molar-refractivity contribution < 1.29 is 5.11 Å². The van der Waals surface area contributed by atoms with Gasteiger partial charge in [0.25, 0.3) is 0 Å². The summed E-state index contributed by atoms with van der Waals surface area (Å²) in [6.07, 6.45) is 0. The smallest absolute Gasteiger partial charge is 0.126 e. The molecule has 1 heterocycles. The SMILES string of the molecule is CNC(C(Cl)Cl)C(C)(O)c1ccc2ccsc2c1. The van der Waals surface area contributed by atoms with Crippen LogP contribution in [0.5, 0.6) is 0 Å². The molecule has 1 aromatic carbocycles. The minimum atomic E-state index is -1.12. The van der Waals surface area contributed by atoms with Crippen molar-refractivity contribution in [1.29, 1.82) is 0 Å². The Kier molecular flexibility index (Phi) is 4.19. The molecular weight excluding hydrogens is 289 g/mol. The molecule has 2 rings (SSSR count). The first-order valence-corrected chi connectivity index (χ1v) is 7.37. The van der Waals surface area contributed by atoms with Crippen molar-refractivity contribution in [2.45, 2.75) is 23.4 Å². The molecule has 2 aromatic rings. The second-order valence-electron chi connectivity index (χ2n) is 4.42. The lowest BCUT2D eigenvalue weighted by Gasteiger charge is -2.34. The largest absolute Gasteiger partial charge is 0.384 e. The van der Waals surface area contributed by atoms with Crippen LogP contribution in [0.25, 0.3) is 10.1 Å². The molecular formula is C13H15Cl2NOS. The van der Waals surface area contributed by atoms with Gasteiger partial charge in [0.05, 0.1) is 6.04 Å². The summed E-state index contributed by atoms with van der Waals surface area (Å²) < 4.78 is 1.14. The van der Waals surface area contributed by atoms with Crippen molar-refractivity contribution in [3.63, 3.8) is 0 Å². The molecule has 2 nitrogen and oxygen atoms in total. The third kappa shape index (κ3) is 2.51. The summed E-state index contributed by atoms with van der Waals surface area (Å²) in [6.45, 7) is 1.72. The summed E-state index contributed by atoms with van der Waals surface area (Å²) in [7, 11) is 1.74. The predicted molar refractivity (Wildman–Crippen MR) is 79.7 cm³/mol. The maximum absolute atomic E-state index is 10.7. The van der Waals surface area contributed by atoms with E-state index < -0.39 is 16.5 Å². The lowest BCUT2D eigenvalue weighted by Crippen LogP contribution is -2.49. The zero-order valence-corrected chi connectivity index (χ0v) is 12.5. The summed E-state index contributed by atoms with van der Waals surface area (Å²) in [4.78, 5) is -0.691. The second-order valence-corrected chi connectivity index (χ2v) is 6.53. The van der Waals surface area contributed by atoms with E-state index in [1.807, 2.05) is 23.6 Å². The number of fused-ring (bicyclic) bond motifs is 1. The number of thiophene rings is 1. The Morgan fingerprint density at radius 3 is 2.67 bits per heavy atom. The Morgan fingerprint density at radius 1 is 1.33 bits per heavy atom. The molecule has 0 fully saturated rings. The second kappa shape index (κ2) is 5.35. The standard InChI is InChI=1S/C13H15Cl2NOS/c1-13(17,11(16-2)12(14)15)9-4-3-8-5-6-18-10(8)7-9/h3-7,11-12,16-17H,1-2H3. The van der Waals surface area contributed by atoms with E-state index in [4.69, 9.17) is 23.2 Å². The fourth-order valence-electron chi connectivity index (χ4n) is 2.10. The minimum Gasteiger partial charge on any atom is -0.384 e. The highest BCUT2D eigenvalue weighted by molar-refractivity contribution is 7.17. The van der Waals surface area contributed by atoms with Gasteiger partial charge in [-0.1, -0.05) is 12.1 Å². The van der Waals surface area contributed by atoms with E-state index in [0.717, 1.165) is 10.3 Å². The molecule has 18 heavy (non-hydrogen) atoms. The zero-order valence-electron chi connectivity index (χ0n) is 10.2. The maximum Gasteiger partial charge on any atom is 0.126 e. The number of hydrogen-bond acceptors (Lipinski definition) is 3. The summed E-state index contributed by atoms with van der Waals surface area (Å²) in [5.41, 5.74) is -0.315. The third-order valence-corrected chi connectivity index (χ3v) is 4.59. The van der Waals surface area contributed by atoms with Gasteiger partial charge in [0.1, 0.15) is 10.4 Å². The van der Waals surface area contributed by atoms with Crippen molar-refractivity contribution in [3.05, 3.63) is 35.2 Å². The number of aliphatic hydroxyl groups is 1. The quantitative estimate of drug-likeness (QED) is 0.847. The minimum absolute atomic E-state index is 0.432. The van der Waals surface area contributed by atoms with Crippen molar-refractivity contribution in [2.24, 2.45) is 0 Å². The van der Waals surface area contributed by atoms with Crippen molar-refractivity contribution in [1.82, 2.24) is 5.32 Å². The van der Waals surface area contributed by atoms with Crippen molar-refractivity contribution in [3.8, 4) is 0 Å². The molecule has 0 aliphatic heterocycles. The molecule has 0 aliphatic carbocycles. The van der Waals surface area contributed by atoms with Gasteiger partial charge in [-0.3, -0.25) is 0 Å². The molecule has 0 amide bonds. The van der Waals surface area contributed by atoms with Gasteiger partial charge in [-0.15, -0.1) is 34.5 Å². The Labute approximate surface area is 121 Å². The number of nitrogens with one attached hydrogen (secondary N) is 1. The average Bonchev–Trinajstić information content (AvgIpc) is 2.75. The lowest BCUT2D eigenvalue weighted by molar-refractivity contribution is 0.0224. The molecule has 5 heteroatoms. The van der Waals surface area contributed by atoms with Crippen LogP contribution < -0.4 is 5.32 Å². The number of benzene rings is 1. The van der Waals surface area contributed by atoms with Gasteiger partial charge in [0.15, 0.2) is 0 Å². The van der Waals surface area contributed by atoms with E-state index in [1.165, 1.54) is 5.39 Å². The van der Waals surface area contributed by atoms with Crippen LogP contribution in [0.15, 0.2) is 29.6 Å². The van der Waals surface area contributed by atoms with Crippen LogP contribution in [0.4, 0.5) is 0 Å². The van der Waals surface area contributed by atoms with Crippen LogP contribution in [0.1, 0.15) is 12.5 Å². The Hall–Kier alpha value is -0.320. The first-order chi connectivity index (χ1) is 8.46. The molecule has 0 radical (unpaired) electrons. The zero-order chi connectivity index (χ0) is 13.3. The van der Waals surface area contributed by atoms with Gasteiger partial charge < -0.3 is 10.4 Å². The van der Waals surface area contributed by atoms with Crippen LogP contribution >= 0.6 is 34.5 Å². The summed E-state index contributed by atoms with van der Waals surface area (Å²) >= 11 is 13.5. The highest BCUT2D eigenvalue weighted by atomic mass is 35.5. The normalized spacial score (nSPS) is 17.0. The average molecular weight is 304 g/mol. The van der Waals surface area contributed by atoms with E-state index in [0.29, 0.717) is 0 Å². The van der Waals surface area contributed by atoms with Crippen LogP contribution in [-0.2, 0) is 5.60 Å². The van der Waals surface area contributed by atoms with Crippen LogP contribution in [0.2, 0.25) is 0 Å². The molecule has 0 aliphatic rings. The number of alkyl halides is 2. The van der Waals surface area contributed by atoms with Crippen LogP contribution in [-0.4, -0.2) is 23.0 Å². The van der Waals surface area contributed by atoms with E-state index in [1.54, 1.807) is 25.3 Å². The number of hydrogen-bond donors (Lipinski definition) is 2. The predicted octanol–water partition coefficient (Wildman–Crippen LogP) is 3.50. The van der Waals surface area contributed by atoms with Gasteiger partial charge in [-0.2, -0.15) is 0 Å². The van der Waals surface area contributed by atoms with E-state index in [2.05, 4.69) is 11.4 Å². The molecule has 2 unspecified atom stereocenters. The van der Waals surface area contributed by atoms with Gasteiger partial charge in [-0.05, 0) is 42.4 Å². The van der Waals surface area contributed by atoms with Gasteiger partial charge in [0.2, 0.25) is 0 Å². The maximum atomic E-state index is 10.7. The molecule has 0 bridgehead atoms. The monoisotopic (exact) mass is 303 g/mol. The van der Waals surface area contributed by atoms with Gasteiger partial charge in [-0.25, -0.2) is 0 Å².